The van der Waals surface area contributed by atoms with Gasteiger partial charge in [0.25, 0.3) is 0 Å². The summed E-state index contributed by atoms with van der Waals surface area (Å²) in [5.41, 5.74) is 1.32. The number of rotatable bonds is 0. The van der Waals surface area contributed by atoms with Gasteiger partial charge < -0.3 is 24.8 Å². The third kappa shape index (κ3) is 7.16. The molecule has 0 saturated heterocycles. The second-order valence-corrected chi connectivity index (χ2v) is 3.81. The molecule has 2 aromatic carbocycles. The summed E-state index contributed by atoms with van der Waals surface area (Å²) in [6.07, 6.45) is 0. The van der Waals surface area contributed by atoms with Gasteiger partial charge in [0.1, 0.15) is 0 Å². The first-order chi connectivity index (χ1) is 7.86. The molecule has 1 radical (unpaired) electrons. The maximum absolute atomic E-state index is 2.12. The van der Waals surface area contributed by atoms with Crippen LogP contribution in [0.4, 0.5) is 0 Å². The van der Waals surface area contributed by atoms with E-state index in [-0.39, 0.29) is 51.0 Å². The van der Waals surface area contributed by atoms with E-state index >= 15 is 0 Å². The zero-order chi connectivity index (χ0) is 11.2. The van der Waals surface area contributed by atoms with E-state index in [1.807, 2.05) is 18.1 Å². The van der Waals surface area contributed by atoms with Gasteiger partial charge in [0, 0.05) is 0 Å². The maximum Gasteiger partial charge on any atom is 3.00 e. The largest absolute Gasteiger partial charge is 3.00 e. The quantitative estimate of drug-likeness (QED) is 0.400. The first kappa shape index (κ1) is 21.0. The fourth-order valence-corrected chi connectivity index (χ4v) is 1.60. The van der Waals surface area contributed by atoms with Crippen LogP contribution < -0.4 is 24.8 Å². The summed E-state index contributed by atoms with van der Waals surface area (Å²) >= 11 is 0. The van der Waals surface area contributed by atoms with Crippen molar-refractivity contribution >= 4 is 17.7 Å². The summed E-state index contributed by atoms with van der Waals surface area (Å²) in [7, 11) is 0. The molecule has 0 fully saturated rings. The minimum absolute atomic E-state index is 0. The molecule has 0 aliphatic rings. The minimum Gasteiger partial charge on any atom is -1.00 e. The molecule has 0 aliphatic carbocycles. The molecule has 19 heavy (non-hydrogen) atoms. The molecule has 0 atom stereocenters. The van der Waals surface area contributed by atoms with E-state index in [0.29, 0.717) is 0 Å². The zero-order valence-corrected chi connectivity index (χ0v) is 14.7. The molecule has 0 N–H and O–H groups in total. The number of fused-ring (bicyclic) bond motifs is 1. The van der Waals surface area contributed by atoms with Crippen LogP contribution in [0.1, 0.15) is 5.46 Å². The van der Waals surface area contributed by atoms with Gasteiger partial charge in [-0.1, -0.05) is 6.07 Å². The summed E-state index contributed by atoms with van der Waals surface area (Å²) in [6, 6.07) is 20.8. The van der Waals surface area contributed by atoms with E-state index in [9.17, 15) is 0 Å². The molecule has 0 bridgehead atoms. The number of benzene rings is 1. The normalized spacial score (nSPS) is 7.84. The number of halogens is 2. The molecule has 0 saturated carbocycles. The van der Waals surface area contributed by atoms with Crippen molar-refractivity contribution in [2.75, 3.05) is 0 Å². The van der Waals surface area contributed by atoms with Crippen molar-refractivity contribution in [2.45, 2.75) is 6.92 Å². The van der Waals surface area contributed by atoms with Crippen molar-refractivity contribution in [1.82, 2.24) is 0 Å². The second-order valence-electron chi connectivity index (χ2n) is 3.81. The number of hydrogen-bond acceptors (Lipinski definition) is 0. The second kappa shape index (κ2) is 11.5. The molecular formula is C15H14BCl2Zr. The van der Waals surface area contributed by atoms with Gasteiger partial charge in [0.05, 0.1) is 0 Å². The van der Waals surface area contributed by atoms with E-state index in [1.54, 1.807) is 0 Å². The topological polar surface area (TPSA) is 0 Å². The molecule has 0 spiro atoms. The van der Waals surface area contributed by atoms with Gasteiger partial charge in [0.15, 0.2) is 0 Å². The number of aryl methyl sites for hydroxylation is 1. The van der Waals surface area contributed by atoms with Gasteiger partial charge in [-0.2, -0.15) is 17.5 Å². The Balaban J connectivity index is 0. The smallest absolute Gasteiger partial charge is 1.00 e. The van der Waals surface area contributed by atoms with E-state index in [1.165, 1.54) is 16.2 Å². The maximum atomic E-state index is 2.12. The Bertz CT molecular complexity index is 522. The first-order valence-corrected chi connectivity index (χ1v) is 5.48. The molecule has 95 valence electrons. The van der Waals surface area contributed by atoms with E-state index < -0.39 is 0 Å². The van der Waals surface area contributed by atoms with Crippen molar-refractivity contribution in [1.29, 1.82) is 0 Å². The average Bonchev–Trinajstić information content (AvgIpc) is 2.79. The van der Waals surface area contributed by atoms with Crippen LogP contribution >= 0.6 is 0 Å². The molecule has 4 heteroatoms. The standard InChI is InChI=1S/C9H7.C6H7B.2ClH.Zr/c1-2-5-9-7-3-6-8(9)4-1;1-6-4-2-3-5-7-6;;;/h1-7H;2-5H,1H3;2*1H;/q-1;;;;+3/p-2. The van der Waals surface area contributed by atoms with Crippen molar-refractivity contribution in [3.05, 3.63) is 72.1 Å². The molecule has 1 heterocycles. The van der Waals surface area contributed by atoms with Crippen LogP contribution in [0.25, 0.3) is 10.8 Å². The van der Waals surface area contributed by atoms with Gasteiger partial charge in [-0.3, -0.25) is 0 Å². The zero-order valence-electron chi connectivity index (χ0n) is 10.7. The van der Waals surface area contributed by atoms with Crippen LogP contribution in [0.2, 0.25) is 0 Å². The van der Waals surface area contributed by atoms with Crippen LogP contribution in [0.5, 0.6) is 0 Å². The Kier molecular flexibility index (Phi) is 12.7. The van der Waals surface area contributed by atoms with Gasteiger partial charge >= 0.3 is 69.7 Å². The SMILES string of the molecule is Cc1bcccc1.[Cl-].[Cl-].[Zr+3].c1ccc2[cH-]ccc2c1. The summed E-state index contributed by atoms with van der Waals surface area (Å²) in [5, 5.41) is 2.66. The molecule has 3 aromatic rings. The molecule has 1 aromatic heterocycles. The van der Waals surface area contributed by atoms with E-state index in [2.05, 4.69) is 62.4 Å². The molecule has 3 rings (SSSR count). The molecule has 0 aliphatic heterocycles. The number of hydrogen-bond donors (Lipinski definition) is 0. The van der Waals surface area contributed by atoms with Crippen LogP contribution in [-0.2, 0) is 26.2 Å². The summed E-state index contributed by atoms with van der Waals surface area (Å²) in [6.45, 7) is 4.17. The Morgan fingerprint density at radius 1 is 0.895 bits per heavy atom. The van der Waals surface area contributed by atoms with Gasteiger partial charge in [-0.25, -0.2) is 0 Å². The molecule has 0 amide bonds. The molecular weight excluding hydrogens is 353 g/mol. The predicted octanol–water partition coefficient (Wildman–Crippen LogP) is -2.10. The van der Waals surface area contributed by atoms with E-state index in [4.69, 9.17) is 0 Å². The van der Waals surface area contributed by atoms with Gasteiger partial charge in [-0.15, -0.1) is 29.7 Å². The van der Waals surface area contributed by atoms with Crippen LogP contribution in [0.3, 0.4) is 0 Å². The predicted molar refractivity (Wildman–Crippen MR) is 72.1 cm³/mol. The van der Waals surface area contributed by atoms with Gasteiger partial charge in [0.2, 0.25) is 0 Å². The van der Waals surface area contributed by atoms with Crippen LogP contribution in [0, 0.1) is 6.92 Å². The third-order valence-electron chi connectivity index (χ3n) is 2.49. The Hall–Kier alpha value is -0.292. The Labute approximate surface area is 147 Å². The van der Waals surface area contributed by atoms with Crippen molar-refractivity contribution in [2.24, 2.45) is 0 Å². The monoisotopic (exact) mass is 365 g/mol. The Morgan fingerprint density at radius 2 is 1.58 bits per heavy atom. The van der Waals surface area contributed by atoms with Gasteiger partial charge in [-0.05, 0) is 0 Å². The average molecular weight is 367 g/mol. The van der Waals surface area contributed by atoms with Crippen LogP contribution in [-0.4, -0.2) is 6.91 Å². The van der Waals surface area contributed by atoms with Crippen molar-refractivity contribution in [3.8, 4) is 0 Å². The molecule has 0 unspecified atom stereocenters. The first-order valence-electron chi connectivity index (χ1n) is 5.48. The summed E-state index contributed by atoms with van der Waals surface area (Å²) in [5.74, 6) is 2.04. The summed E-state index contributed by atoms with van der Waals surface area (Å²) < 4.78 is 0. The Morgan fingerprint density at radius 3 is 2.11 bits per heavy atom. The fourth-order valence-electron chi connectivity index (χ4n) is 1.60. The van der Waals surface area contributed by atoms with Crippen molar-refractivity contribution < 1.29 is 51.0 Å². The van der Waals surface area contributed by atoms with Crippen LogP contribution in [0.15, 0.2) is 66.6 Å². The molecule has 0 nitrogen and oxygen atoms in total. The summed E-state index contributed by atoms with van der Waals surface area (Å²) in [4.78, 5) is 0. The minimum atomic E-state index is 0. The fraction of sp³-hybridized carbons (Fsp3) is 0.0667. The van der Waals surface area contributed by atoms with Crippen molar-refractivity contribution in [3.63, 3.8) is 0 Å². The third-order valence-corrected chi connectivity index (χ3v) is 2.49. The van der Waals surface area contributed by atoms with E-state index in [0.717, 1.165) is 0 Å².